The van der Waals surface area contributed by atoms with Crippen molar-refractivity contribution in [3.63, 3.8) is 0 Å². The predicted molar refractivity (Wildman–Crippen MR) is 57.6 cm³/mol. The van der Waals surface area contributed by atoms with Crippen LogP contribution >= 0.6 is 11.8 Å². The lowest BCUT2D eigenvalue weighted by Crippen LogP contribution is -2.20. The fourth-order valence-corrected chi connectivity index (χ4v) is 1.95. The molecule has 1 aromatic rings. The molecule has 6 heteroatoms. The number of hydrogen-bond acceptors (Lipinski definition) is 5. The number of thioether (sulfide) groups is 1. The fraction of sp³-hybridized carbons (Fsp3) is 0.667. The summed E-state index contributed by atoms with van der Waals surface area (Å²) in [5.74, 6) is -0.187. The summed E-state index contributed by atoms with van der Waals surface area (Å²) < 4.78 is 6.61. The van der Waals surface area contributed by atoms with E-state index in [1.54, 1.807) is 18.7 Å². The molecule has 0 saturated carbocycles. The second-order valence-electron chi connectivity index (χ2n) is 2.93. The van der Waals surface area contributed by atoms with E-state index in [4.69, 9.17) is 4.74 Å². The minimum Gasteiger partial charge on any atom is -0.465 e. The van der Waals surface area contributed by atoms with Crippen LogP contribution < -0.4 is 0 Å². The number of esters is 1. The van der Waals surface area contributed by atoms with Gasteiger partial charge in [-0.3, -0.25) is 4.79 Å². The summed E-state index contributed by atoms with van der Waals surface area (Å²) in [6, 6.07) is 0. The van der Waals surface area contributed by atoms with E-state index in [1.165, 1.54) is 18.1 Å². The standard InChI is InChI=1S/C9H15N3O2S/c1-4-7(8(13)14-5-2)15-9-10-6-11-12(9)3/h6-7H,4-5H2,1-3H3. The number of carbonyl (C=O) groups is 1. The van der Waals surface area contributed by atoms with Gasteiger partial charge in [0.1, 0.15) is 11.6 Å². The fourth-order valence-electron chi connectivity index (χ4n) is 1.05. The van der Waals surface area contributed by atoms with E-state index in [0.717, 1.165) is 11.6 Å². The highest BCUT2D eigenvalue weighted by Gasteiger charge is 2.21. The van der Waals surface area contributed by atoms with Crippen molar-refractivity contribution in [2.75, 3.05) is 6.61 Å². The summed E-state index contributed by atoms with van der Waals surface area (Å²) in [7, 11) is 1.80. The van der Waals surface area contributed by atoms with Crippen LogP contribution in [0.15, 0.2) is 11.5 Å². The van der Waals surface area contributed by atoms with Crippen LogP contribution in [0.5, 0.6) is 0 Å². The minimum atomic E-state index is -0.201. The molecule has 0 bridgehead atoms. The molecule has 0 aliphatic rings. The minimum absolute atomic E-state index is 0.187. The van der Waals surface area contributed by atoms with Crippen molar-refractivity contribution in [3.05, 3.63) is 6.33 Å². The van der Waals surface area contributed by atoms with Crippen molar-refractivity contribution in [3.8, 4) is 0 Å². The molecule has 0 amide bonds. The Hall–Kier alpha value is -1.04. The van der Waals surface area contributed by atoms with E-state index in [0.29, 0.717) is 6.61 Å². The first kappa shape index (κ1) is 12.0. The quantitative estimate of drug-likeness (QED) is 0.562. The van der Waals surface area contributed by atoms with Gasteiger partial charge in [-0.1, -0.05) is 18.7 Å². The van der Waals surface area contributed by atoms with Gasteiger partial charge in [-0.05, 0) is 13.3 Å². The highest BCUT2D eigenvalue weighted by atomic mass is 32.2. The van der Waals surface area contributed by atoms with E-state index >= 15 is 0 Å². The third-order valence-electron chi connectivity index (χ3n) is 1.84. The molecule has 84 valence electrons. The zero-order valence-corrected chi connectivity index (χ0v) is 9.95. The predicted octanol–water partition coefficient (Wildman–Crippen LogP) is 1.25. The molecule has 0 spiro atoms. The molecule has 15 heavy (non-hydrogen) atoms. The number of rotatable bonds is 5. The van der Waals surface area contributed by atoms with Crippen LogP contribution in [0.4, 0.5) is 0 Å². The number of carbonyl (C=O) groups excluding carboxylic acids is 1. The number of ether oxygens (including phenoxy) is 1. The Morgan fingerprint density at radius 1 is 1.67 bits per heavy atom. The van der Waals surface area contributed by atoms with E-state index in [-0.39, 0.29) is 11.2 Å². The van der Waals surface area contributed by atoms with Crippen molar-refractivity contribution in [1.29, 1.82) is 0 Å². The zero-order valence-electron chi connectivity index (χ0n) is 9.14. The van der Waals surface area contributed by atoms with Crippen LogP contribution in [-0.2, 0) is 16.6 Å². The maximum atomic E-state index is 11.5. The molecular formula is C9H15N3O2S. The Kier molecular flexibility index (Phi) is 4.61. The van der Waals surface area contributed by atoms with Crippen molar-refractivity contribution in [1.82, 2.24) is 14.8 Å². The SMILES string of the molecule is CCOC(=O)C(CC)Sc1ncnn1C. The Morgan fingerprint density at radius 3 is 2.87 bits per heavy atom. The van der Waals surface area contributed by atoms with Crippen LogP contribution in [0.2, 0.25) is 0 Å². The average Bonchev–Trinajstić information content (AvgIpc) is 2.61. The van der Waals surface area contributed by atoms with Gasteiger partial charge in [0.25, 0.3) is 0 Å². The highest BCUT2D eigenvalue weighted by molar-refractivity contribution is 8.00. The lowest BCUT2D eigenvalue weighted by molar-refractivity contribution is -0.142. The Balaban J connectivity index is 2.61. The van der Waals surface area contributed by atoms with Gasteiger partial charge >= 0.3 is 5.97 Å². The first-order valence-electron chi connectivity index (χ1n) is 4.86. The molecule has 1 rings (SSSR count). The van der Waals surface area contributed by atoms with E-state index < -0.39 is 0 Å². The first-order valence-corrected chi connectivity index (χ1v) is 5.74. The van der Waals surface area contributed by atoms with Gasteiger partial charge in [-0.15, -0.1) is 0 Å². The lowest BCUT2D eigenvalue weighted by Gasteiger charge is -2.11. The van der Waals surface area contributed by atoms with Crippen molar-refractivity contribution < 1.29 is 9.53 Å². The molecule has 1 atom stereocenters. The first-order chi connectivity index (χ1) is 7.19. The lowest BCUT2D eigenvalue weighted by atomic mass is 10.3. The molecule has 0 N–H and O–H groups in total. The summed E-state index contributed by atoms with van der Waals surface area (Å²) >= 11 is 1.38. The van der Waals surface area contributed by atoms with Gasteiger partial charge in [-0.2, -0.15) is 5.10 Å². The number of aromatic nitrogens is 3. The number of hydrogen-bond donors (Lipinski definition) is 0. The molecule has 0 fully saturated rings. The maximum absolute atomic E-state index is 11.5. The summed E-state index contributed by atoms with van der Waals surface area (Å²) in [4.78, 5) is 15.6. The van der Waals surface area contributed by atoms with Gasteiger partial charge in [0.05, 0.1) is 6.61 Å². The summed E-state index contributed by atoms with van der Waals surface area (Å²) in [6.07, 6.45) is 2.19. The van der Waals surface area contributed by atoms with Crippen molar-refractivity contribution in [2.24, 2.45) is 7.05 Å². The van der Waals surface area contributed by atoms with Gasteiger partial charge in [0.2, 0.25) is 0 Å². The van der Waals surface area contributed by atoms with Crippen molar-refractivity contribution in [2.45, 2.75) is 30.7 Å². The van der Waals surface area contributed by atoms with Crippen LogP contribution in [0.3, 0.4) is 0 Å². The van der Waals surface area contributed by atoms with Crippen LogP contribution in [0.1, 0.15) is 20.3 Å². The Bertz CT molecular complexity index is 327. The van der Waals surface area contributed by atoms with Gasteiger partial charge in [0.15, 0.2) is 5.16 Å². The molecule has 0 radical (unpaired) electrons. The highest BCUT2D eigenvalue weighted by Crippen LogP contribution is 2.23. The monoisotopic (exact) mass is 229 g/mol. The van der Waals surface area contributed by atoms with Crippen molar-refractivity contribution >= 4 is 17.7 Å². The van der Waals surface area contributed by atoms with E-state index in [1.807, 2.05) is 6.92 Å². The van der Waals surface area contributed by atoms with Crippen LogP contribution in [0, 0.1) is 0 Å². The Morgan fingerprint density at radius 2 is 2.40 bits per heavy atom. The van der Waals surface area contributed by atoms with E-state index in [9.17, 15) is 4.79 Å². The molecule has 1 unspecified atom stereocenters. The molecule has 1 heterocycles. The molecule has 0 aliphatic carbocycles. The zero-order chi connectivity index (χ0) is 11.3. The molecule has 0 aromatic carbocycles. The Labute approximate surface area is 93.2 Å². The second-order valence-corrected chi connectivity index (χ2v) is 4.10. The maximum Gasteiger partial charge on any atom is 0.319 e. The summed E-state index contributed by atoms with van der Waals surface area (Å²) in [5.41, 5.74) is 0. The molecule has 0 saturated heterocycles. The number of aryl methyl sites for hydroxylation is 1. The van der Waals surface area contributed by atoms with Gasteiger partial charge in [-0.25, -0.2) is 9.67 Å². The van der Waals surface area contributed by atoms with Crippen LogP contribution in [-0.4, -0.2) is 32.6 Å². The summed E-state index contributed by atoms with van der Waals surface area (Å²) in [5, 5.41) is 4.47. The summed E-state index contributed by atoms with van der Waals surface area (Å²) in [6.45, 7) is 4.16. The molecule has 5 nitrogen and oxygen atoms in total. The van der Waals surface area contributed by atoms with Crippen LogP contribution in [0.25, 0.3) is 0 Å². The second kappa shape index (κ2) is 5.75. The average molecular weight is 229 g/mol. The number of nitrogens with zero attached hydrogens (tertiary/aromatic N) is 3. The normalized spacial score (nSPS) is 12.5. The van der Waals surface area contributed by atoms with Gasteiger partial charge < -0.3 is 4.74 Å². The molecular weight excluding hydrogens is 214 g/mol. The van der Waals surface area contributed by atoms with Gasteiger partial charge in [0, 0.05) is 7.05 Å². The third kappa shape index (κ3) is 3.23. The topological polar surface area (TPSA) is 57.0 Å². The smallest absolute Gasteiger partial charge is 0.319 e. The van der Waals surface area contributed by atoms with E-state index in [2.05, 4.69) is 10.1 Å². The molecule has 1 aromatic heterocycles. The largest absolute Gasteiger partial charge is 0.465 e. The molecule has 0 aliphatic heterocycles. The third-order valence-corrected chi connectivity index (χ3v) is 3.23.